The maximum absolute atomic E-state index is 0. The summed E-state index contributed by atoms with van der Waals surface area (Å²) in [6, 6.07) is 0. The first-order valence-electron chi connectivity index (χ1n) is 0. The van der Waals surface area contributed by atoms with Gasteiger partial charge in [-0.05, 0) is 0 Å². The van der Waals surface area contributed by atoms with Crippen molar-refractivity contribution in [3.63, 3.8) is 0 Å². The van der Waals surface area contributed by atoms with Crippen molar-refractivity contribution in [3.8, 4) is 0 Å². The van der Waals surface area contributed by atoms with E-state index in [9.17, 15) is 0 Å². The fourth-order valence-electron chi connectivity index (χ4n) is 0. The molecule has 3 N–H and O–H groups in total. The maximum Gasteiger partial charge on any atom is 3.00 e. The van der Waals surface area contributed by atoms with Crippen molar-refractivity contribution < 1.29 is 33.5 Å². The van der Waals surface area contributed by atoms with Gasteiger partial charge >= 0.3 is 42.9 Å². The van der Waals surface area contributed by atoms with Crippen LogP contribution in [0.4, 0.5) is 0 Å². The zero-order chi connectivity index (χ0) is 0. The Labute approximate surface area is 59.3 Å². The SMILES string of the molecule is [In+3].[Mn+2].[OH-].[OH-].[OH-]. The summed E-state index contributed by atoms with van der Waals surface area (Å²) in [7, 11) is 0. The summed E-state index contributed by atoms with van der Waals surface area (Å²) in [5.41, 5.74) is 0. The Kier molecular flexibility index (Phi) is 1290. The Balaban J connectivity index is 0. The second-order valence-corrected chi connectivity index (χ2v) is 0. The molecular formula is H3InMnO3+2. The molecule has 0 saturated heterocycles. The van der Waals surface area contributed by atoms with Gasteiger partial charge in [-0.15, -0.1) is 0 Å². The molecule has 5 heteroatoms. The third-order valence-corrected chi connectivity index (χ3v) is 0. The molecule has 0 aromatic heterocycles. The van der Waals surface area contributed by atoms with Crippen LogP contribution in [0.2, 0.25) is 0 Å². The predicted octanol–water partition coefficient (Wildman–Crippen LogP) is -0.914. The molecule has 0 aromatic carbocycles. The minimum absolute atomic E-state index is 0. The van der Waals surface area contributed by atoms with Crippen LogP contribution in [0.3, 0.4) is 0 Å². The van der Waals surface area contributed by atoms with Gasteiger partial charge in [-0.3, -0.25) is 0 Å². The van der Waals surface area contributed by atoms with E-state index in [1.807, 2.05) is 0 Å². The molecule has 0 amide bonds. The molecule has 1 radical (unpaired) electrons. The van der Waals surface area contributed by atoms with Crippen molar-refractivity contribution >= 4 is 25.8 Å². The molecule has 0 aliphatic heterocycles. The van der Waals surface area contributed by atoms with Gasteiger partial charge in [0.25, 0.3) is 0 Å². The second kappa shape index (κ2) is 59.6. The summed E-state index contributed by atoms with van der Waals surface area (Å²) in [5.74, 6) is 0. The Morgan fingerprint density at radius 1 is 0.600 bits per heavy atom. The van der Waals surface area contributed by atoms with E-state index in [-0.39, 0.29) is 59.3 Å². The van der Waals surface area contributed by atoms with E-state index in [2.05, 4.69) is 0 Å². The zero-order valence-corrected chi connectivity index (χ0v) is 6.77. The van der Waals surface area contributed by atoms with Crippen molar-refractivity contribution in [2.24, 2.45) is 0 Å². The average Bonchev–Trinajstić information content (AvgIpc) is 0. The molecule has 0 heterocycles. The minimum Gasteiger partial charge on any atom is -0.870 e. The van der Waals surface area contributed by atoms with E-state index in [4.69, 9.17) is 0 Å². The van der Waals surface area contributed by atoms with E-state index < -0.39 is 0 Å². The number of hydrogen-bond donors (Lipinski definition) is 0. The molecule has 0 aliphatic carbocycles. The molecule has 0 aliphatic rings. The van der Waals surface area contributed by atoms with Gasteiger partial charge < -0.3 is 16.4 Å². The van der Waals surface area contributed by atoms with Gasteiger partial charge in [0, 0.05) is 0 Å². The fraction of sp³-hybridized carbons (Fsp3) is 0. The van der Waals surface area contributed by atoms with Gasteiger partial charge in [0.2, 0.25) is 0 Å². The summed E-state index contributed by atoms with van der Waals surface area (Å²) < 4.78 is 0. The molecule has 0 rings (SSSR count). The quantitative estimate of drug-likeness (QED) is 0.495. The molecule has 0 saturated carbocycles. The van der Waals surface area contributed by atoms with E-state index in [0.29, 0.717) is 0 Å². The summed E-state index contributed by atoms with van der Waals surface area (Å²) in [6.45, 7) is 0. The van der Waals surface area contributed by atoms with Gasteiger partial charge in [-0.25, -0.2) is 0 Å². The van der Waals surface area contributed by atoms with Crippen molar-refractivity contribution in [2.75, 3.05) is 0 Å². The molecule has 0 spiro atoms. The van der Waals surface area contributed by atoms with E-state index in [0.717, 1.165) is 0 Å². The van der Waals surface area contributed by atoms with E-state index >= 15 is 0 Å². The Bertz CT molecular complexity index is 6.85. The van der Waals surface area contributed by atoms with Crippen molar-refractivity contribution in [3.05, 3.63) is 0 Å². The molecule has 5 heavy (non-hydrogen) atoms. The fourth-order valence-corrected chi connectivity index (χ4v) is 0. The van der Waals surface area contributed by atoms with Gasteiger partial charge in [0.05, 0.1) is 0 Å². The van der Waals surface area contributed by atoms with Crippen LogP contribution in [0.25, 0.3) is 0 Å². The maximum atomic E-state index is 0. The van der Waals surface area contributed by atoms with Crippen molar-refractivity contribution in [1.29, 1.82) is 0 Å². The predicted molar refractivity (Wildman–Crippen MR) is 11.6 cm³/mol. The van der Waals surface area contributed by atoms with E-state index in [1.165, 1.54) is 0 Å². The molecular weight excluding hydrogens is 218 g/mol. The first kappa shape index (κ1) is 108. The molecule has 0 unspecified atom stereocenters. The van der Waals surface area contributed by atoms with Gasteiger partial charge in [-0.1, -0.05) is 0 Å². The Hall–Kier alpha value is 1.27. The summed E-state index contributed by atoms with van der Waals surface area (Å²) in [4.78, 5) is 0. The summed E-state index contributed by atoms with van der Waals surface area (Å²) >= 11 is 0. The molecule has 0 bridgehead atoms. The number of hydrogen-bond acceptors (Lipinski definition) is 3. The third-order valence-electron chi connectivity index (χ3n) is 0. The monoisotopic (exact) mass is 221 g/mol. The molecule has 3 nitrogen and oxygen atoms in total. The average molecular weight is 221 g/mol. The summed E-state index contributed by atoms with van der Waals surface area (Å²) in [5, 5.41) is 0. The first-order valence-corrected chi connectivity index (χ1v) is 0. The van der Waals surface area contributed by atoms with E-state index in [1.54, 1.807) is 0 Å². The number of rotatable bonds is 0. The zero-order valence-electron chi connectivity index (χ0n) is 2.30. The molecule has 0 fully saturated rings. The molecule has 0 aromatic rings. The van der Waals surface area contributed by atoms with Crippen LogP contribution in [0.15, 0.2) is 0 Å². The van der Waals surface area contributed by atoms with Crippen LogP contribution in [-0.2, 0) is 17.1 Å². The molecule has 29 valence electrons. The van der Waals surface area contributed by atoms with Gasteiger partial charge in [-0.2, -0.15) is 0 Å². The van der Waals surface area contributed by atoms with Crippen LogP contribution >= 0.6 is 0 Å². The standard InChI is InChI=1S/In.Mn.3H2O/h;;3*1H2/q+3;+2;;;/p-3. The second-order valence-electron chi connectivity index (χ2n) is 0. The minimum atomic E-state index is 0. The summed E-state index contributed by atoms with van der Waals surface area (Å²) in [6.07, 6.45) is 0. The first-order chi connectivity index (χ1) is 0. The smallest absolute Gasteiger partial charge is 0.870 e. The Morgan fingerprint density at radius 2 is 0.600 bits per heavy atom. The third kappa shape index (κ3) is 34.9. The van der Waals surface area contributed by atoms with Crippen LogP contribution in [-0.4, -0.2) is 42.3 Å². The molecule has 0 atom stereocenters. The van der Waals surface area contributed by atoms with Crippen LogP contribution < -0.4 is 0 Å². The topological polar surface area (TPSA) is 90.0 Å². The van der Waals surface area contributed by atoms with Crippen molar-refractivity contribution in [1.82, 2.24) is 0 Å². The van der Waals surface area contributed by atoms with Gasteiger partial charge in [0.15, 0.2) is 0 Å². The Morgan fingerprint density at radius 3 is 0.600 bits per heavy atom. The normalized spacial score (nSPS) is 0. The van der Waals surface area contributed by atoms with Gasteiger partial charge in [0.1, 0.15) is 0 Å². The van der Waals surface area contributed by atoms with Crippen LogP contribution in [0.5, 0.6) is 0 Å². The van der Waals surface area contributed by atoms with Crippen LogP contribution in [0, 0.1) is 0 Å². The van der Waals surface area contributed by atoms with Crippen molar-refractivity contribution in [2.45, 2.75) is 0 Å². The van der Waals surface area contributed by atoms with Crippen LogP contribution in [0.1, 0.15) is 0 Å². The largest absolute Gasteiger partial charge is 3.00 e.